The maximum atomic E-state index is 12.2. The number of aryl methyl sites for hydroxylation is 2. The van der Waals surface area contributed by atoms with Gasteiger partial charge in [-0.15, -0.1) is 0 Å². The minimum Gasteiger partial charge on any atom is -0.444 e. The number of hydrogen-bond donors (Lipinski definition) is 1. The number of nitrogens with one attached hydrogen (secondary N) is 1. The number of carbonyl (C=O) groups is 1. The number of rotatable bonds is 4. The van der Waals surface area contributed by atoms with Crippen LogP contribution in [0.5, 0.6) is 0 Å². The van der Waals surface area contributed by atoms with Crippen molar-refractivity contribution in [3.8, 4) is 0 Å². The van der Waals surface area contributed by atoms with Crippen molar-refractivity contribution < 1.29 is 14.3 Å². The molecule has 130 valence electrons. The van der Waals surface area contributed by atoms with E-state index >= 15 is 0 Å². The second-order valence-electron chi connectivity index (χ2n) is 7.06. The van der Waals surface area contributed by atoms with Crippen LogP contribution in [0.1, 0.15) is 32.0 Å². The first-order chi connectivity index (χ1) is 10.7. The summed E-state index contributed by atoms with van der Waals surface area (Å²) in [6.45, 7) is 9.42. The predicted molar refractivity (Wildman–Crippen MR) is 87.2 cm³/mol. The fraction of sp³-hybridized carbons (Fsp3) is 0.750. The molecule has 1 aliphatic heterocycles. The van der Waals surface area contributed by atoms with Crippen LogP contribution < -0.4 is 5.32 Å². The van der Waals surface area contributed by atoms with Crippen molar-refractivity contribution in [3.05, 3.63) is 17.5 Å². The number of methoxy groups -OCH3 is 1. The monoisotopic (exact) mass is 324 g/mol. The number of nitrogens with zero attached hydrogens (tertiary/aromatic N) is 3. The Hall–Kier alpha value is -1.60. The van der Waals surface area contributed by atoms with Crippen molar-refractivity contribution in [2.75, 3.05) is 20.2 Å². The molecule has 0 aromatic carbocycles. The molecule has 0 spiro atoms. The van der Waals surface area contributed by atoms with Crippen LogP contribution in [-0.2, 0) is 23.1 Å². The first kappa shape index (κ1) is 17.7. The van der Waals surface area contributed by atoms with Gasteiger partial charge >= 0.3 is 6.09 Å². The third-order valence-electron chi connectivity index (χ3n) is 3.89. The van der Waals surface area contributed by atoms with Gasteiger partial charge in [0.05, 0.1) is 24.4 Å². The lowest BCUT2D eigenvalue weighted by atomic mass is 10.2. The summed E-state index contributed by atoms with van der Waals surface area (Å²) in [6, 6.07) is 0.0760. The number of ether oxygens (including phenoxy) is 2. The first-order valence-corrected chi connectivity index (χ1v) is 7.93. The molecular weight excluding hydrogens is 296 g/mol. The minimum absolute atomic E-state index is 0.0421. The molecule has 7 heteroatoms. The summed E-state index contributed by atoms with van der Waals surface area (Å²) in [4.78, 5) is 13.9. The van der Waals surface area contributed by atoms with Crippen molar-refractivity contribution in [3.63, 3.8) is 0 Å². The van der Waals surface area contributed by atoms with Gasteiger partial charge in [0.1, 0.15) is 5.60 Å². The van der Waals surface area contributed by atoms with Crippen molar-refractivity contribution in [1.82, 2.24) is 20.0 Å². The van der Waals surface area contributed by atoms with Gasteiger partial charge in [-0.25, -0.2) is 4.79 Å². The zero-order valence-corrected chi connectivity index (χ0v) is 14.9. The van der Waals surface area contributed by atoms with Crippen LogP contribution in [-0.4, -0.2) is 58.7 Å². The summed E-state index contributed by atoms with van der Waals surface area (Å²) in [5, 5.41) is 7.81. The Morgan fingerprint density at radius 3 is 2.65 bits per heavy atom. The summed E-state index contributed by atoms with van der Waals surface area (Å²) in [6.07, 6.45) is 1.67. The molecule has 1 aliphatic rings. The van der Waals surface area contributed by atoms with Gasteiger partial charge in [0.2, 0.25) is 0 Å². The Bertz CT molecular complexity index is 550. The van der Waals surface area contributed by atoms with Crippen LogP contribution in [0.2, 0.25) is 0 Å². The molecule has 2 atom stereocenters. The third kappa shape index (κ3) is 4.68. The molecule has 2 rings (SSSR count). The summed E-state index contributed by atoms with van der Waals surface area (Å²) in [5.41, 5.74) is 1.67. The molecule has 1 aromatic rings. The fourth-order valence-corrected chi connectivity index (χ4v) is 2.75. The Labute approximate surface area is 137 Å². The van der Waals surface area contributed by atoms with Crippen LogP contribution in [0.3, 0.4) is 0 Å². The van der Waals surface area contributed by atoms with Crippen LogP contribution in [0.4, 0.5) is 4.79 Å². The maximum absolute atomic E-state index is 12.2. The fourth-order valence-electron chi connectivity index (χ4n) is 2.75. The molecule has 1 saturated heterocycles. The Morgan fingerprint density at radius 2 is 2.13 bits per heavy atom. The van der Waals surface area contributed by atoms with Gasteiger partial charge in [-0.2, -0.15) is 5.10 Å². The molecule has 0 bridgehead atoms. The van der Waals surface area contributed by atoms with Crippen molar-refractivity contribution in [1.29, 1.82) is 0 Å². The van der Waals surface area contributed by atoms with E-state index in [1.807, 2.05) is 45.6 Å². The summed E-state index contributed by atoms with van der Waals surface area (Å²) in [5.74, 6) is 0. The second kappa shape index (κ2) is 6.88. The largest absolute Gasteiger partial charge is 0.444 e. The number of amides is 1. The summed E-state index contributed by atoms with van der Waals surface area (Å²) in [7, 11) is 3.58. The maximum Gasteiger partial charge on any atom is 0.410 e. The van der Waals surface area contributed by atoms with Crippen LogP contribution in [0.15, 0.2) is 6.20 Å². The molecule has 1 unspecified atom stereocenters. The SMILES string of the molecule is CO[C@H]1CN(C(=O)OC(C)(C)C)CC1NCc1cn(C)nc1C. The standard InChI is InChI=1S/C16H28N4O3/c1-11-12(8-19(5)18-11)7-17-13-9-20(10-14(13)22-6)15(21)23-16(2,3)4/h8,13-14,17H,7,9-10H2,1-6H3/t13?,14-/m0/s1. The highest BCUT2D eigenvalue weighted by Crippen LogP contribution is 2.18. The Kier molecular flexibility index (Phi) is 5.31. The Balaban J connectivity index is 1.94. The van der Waals surface area contributed by atoms with E-state index in [0.29, 0.717) is 19.6 Å². The zero-order chi connectivity index (χ0) is 17.2. The first-order valence-electron chi connectivity index (χ1n) is 7.93. The van der Waals surface area contributed by atoms with Gasteiger partial charge in [-0.1, -0.05) is 0 Å². The van der Waals surface area contributed by atoms with E-state index in [4.69, 9.17) is 9.47 Å². The number of likely N-dealkylation sites (tertiary alicyclic amines) is 1. The van der Waals surface area contributed by atoms with Crippen molar-refractivity contribution >= 4 is 6.09 Å². The van der Waals surface area contributed by atoms with E-state index < -0.39 is 5.60 Å². The highest BCUT2D eigenvalue weighted by atomic mass is 16.6. The second-order valence-corrected chi connectivity index (χ2v) is 7.06. The third-order valence-corrected chi connectivity index (χ3v) is 3.89. The van der Waals surface area contributed by atoms with E-state index in [9.17, 15) is 4.79 Å². The molecular formula is C16H28N4O3. The minimum atomic E-state index is -0.488. The normalized spacial score (nSPS) is 21.7. The van der Waals surface area contributed by atoms with Crippen LogP contribution >= 0.6 is 0 Å². The molecule has 1 aromatic heterocycles. The van der Waals surface area contributed by atoms with Gasteiger partial charge in [0.25, 0.3) is 0 Å². The molecule has 1 N–H and O–H groups in total. The van der Waals surface area contributed by atoms with Crippen LogP contribution in [0, 0.1) is 6.92 Å². The lowest BCUT2D eigenvalue weighted by Gasteiger charge is -2.24. The number of aromatic nitrogens is 2. The van der Waals surface area contributed by atoms with E-state index in [0.717, 1.165) is 11.3 Å². The molecule has 2 heterocycles. The van der Waals surface area contributed by atoms with Gasteiger partial charge in [-0.3, -0.25) is 4.68 Å². The predicted octanol–water partition coefficient (Wildman–Crippen LogP) is 1.45. The lowest BCUT2D eigenvalue weighted by Crippen LogP contribution is -2.40. The van der Waals surface area contributed by atoms with Crippen molar-refractivity contribution in [2.24, 2.45) is 7.05 Å². The van der Waals surface area contributed by atoms with Crippen LogP contribution in [0.25, 0.3) is 0 Å². The number of hydrogen-bond acceptors (Lipinski definition) is 5. The van der Waals surface area contributed by atoms with Gasteiger partial charge < -0.3 is 19.7 Å². The average Bonchev–Trinajstić information content (AvgIpc) is 2.97. The van der Waals surface area contributed by atoms with E-state index in [1.54, 1.807) is 12.0 Å². The topological polar surface area (TPSA) is 68.6 Å². The molecule has 0 aliphatic carbocycles. The molecule has 0 radical (unpaired) electrons. The van der Waals surface area contributed by atoms with Crippen molar-refractivity contribution in [2.45, 2.75) is 52.0 Å². The smallest absolute Gasteiger partial charge is 0.410 e. The van der Waals surface area contributed by atoms with E-state index in [1.165, 1.54) is 0 Å². The molecule has 1 amide bonds. The molecule has 0 saturated carbocycles. The highest BCUT2D eigenvalue weighted by Gasteiger charge is 2.37. The molecule has 7 nitrogen and oxygen atoms in total. The van der Waals surface area contributed by atoms with E-state index in [-0.39, 0.29) is 18.2 Å². The molecule has 1 fully saturated rings. The van der Waals surface area contributed by atoms with Gasteiger partial charge in [-0.05, 0) is 27.7 Å². The average molecular weight is 324 g/mol. The number of carbonyl (C=O) groups excluding carboxylic acids is 1. The summed E-state index contributed by atoms with van der Waals surface area (Å²) < 4.78 is 12.8. The van der Waals surface area contributed by atoms with Gasteiger partial charge in [0, 0.05) is 39.0 Å². The highest BCUT2D eigenvalue weighted by molar-refractivity contribution is 5.68. The van der Waals surface area contributed by atoms with E-state index in [2.05, 4.69) is 10.4 Å². The zero-order valence-electron chi connectivity index (χ0n) is 14.9. The Morgan fingerprint density at radius 1 is 1.43 bits per heavy atom. The molecule has 23 heavy (non-hydrogen) atoms. The summed E-state index contributed by atoms with van der Waals surface area (Å²) >= 11 is 0. The van der Waals surface area contributed by atoms with Gasteiger partial charge in [0.15, 0.2) is 0 Å². The lowest BCUT2D eigenvalue weighted by molar-refractivity contribution is 0.0252. The quantitative estimate of drug-likeness (QED) is 0.908.